The summed E-state index contributed by atoms with van der Waals surface area (Å²) in [6.45, 7) is 10.1. The van der Waals surface area contributed by atoms with Crippen molar-refractivity contribution in [3.63, 3.8) is 0 Å². The van der Waals surface area contributed by atoms with Crippen molar-refractivity contribution < 1.29 is 0 Å². The molecule has 0 aromatic carbocycles. The van der Waals surface area contributed by atoms with Crippen molar-refractivity contribution in [2.45, 2.75) is 65.2 Å². The molecule has 0 amide bonds. The van der Waals surface area contributed by atoms with Crippen LogP contribution < -0.4 is 0 Å². The van der Waals surface area contributed by atoms with Crippen molar-refractivity contribution in [2.75, 3.05) is 0 Å². The summed E-state index contributed by atoms with van der Waals surface area (Å²) in [5, 5.41) is 0. The van der Waals surface area contributed by atoms with Gasteiger partial charge in [0.15, 0.2) is 0 Å². The summed E-state index contributed by atoms with van der Waals surface area (Å²) in [4.78, 5) is 0. The summed E-state index contributed by atoms with van der Waals surface area (Å²) in [5.41, 5.74) is 1.17. The predicted octanol–water partition coefficient (Wildman–Crippen LogP) is 4.51. The maximum Gasteiger partial charge on any atom is -0.0317 e. The number of allylic oxidation sites excluding steroid dienone is 1. The zero-order chi connectivity index (χ0) is 9.23. The Labute approximate surface area is 78.1 Å². The molecule has 0 nitrogen and oxygen atoms in total. The lowest BCUT2D eigenvalue weighted by Gasteiger charge is -2.01. The van der Waals surface area contributed by atoms with E-state index in [1.165, 1.54) is 44.1 Å². The standard InChI is InChI=1S/C12H23/c1-4-6-7-8-9-10-11-12(3)5-2/h3H,4-11H2,1-2H3. The fourth-order valence-corrected chi connectivity index (χ4v) is 1.31. The van der Waals surface area contributed by atoms with Gasteiger partial charge >= 0.3 is 0 Å². The first kappa shape index (κ1) is 11.7. The normalized spacial score (nSPS) is 10.2. The molecule has 0 saturated heterocycles. The molecule has 0 aromatic rings. The third kappa shape index (κ3) is 7.84. The molecule has 0 aliphatic carbocycles. The van der Waals surface area contributed by atoms with E-state index in [4.69, 9.17) is 6.58 Å². The van der Waals surface area contributed by atoms with E-state index in [0.29, 0.717) is 0 Å². The van der Waals surface area contributed by atoms with E-state index in [9.17, 15) is 0 Å². The number of rotatable bonds is 8. The molecular weight excluding hydrogens is 144 g/mol. The molecule has 0 rings (SSSR count). The molecule has 0 bridgehead atoms. The summed E-state index contributed by atoms with van der Waals surface area (Å²) in [5.74, 6) is 0. The number of unbranched alkanes of at least 4 members (excludes halogenated alkanes) is 5. The lowest BCUT2D eigenvalue weighted by molar-refractivity contribution is 0.603. The molecule has 0 N–H and O–H groups in total. The second kappa shape index (κ2) is 8.83. The van der Waals surface area contributed by atoms with Gasteiger partial charge in [0.1, 0.15) is 0 Å². The Morgan fingerprint density at radius 3 is 2.08 bits per heavy atom. The van der Waals surface area contributed by atoms with Gasteiger partial charge in [0.25, 0.3) is 0 Å². The summed E-state index contributed by atoms with van der Waals surface area (Å²) < 4.78 is 0. The van der Waals surface area contributed by atoms with E-state index in [1.807, 2.05) is 0 Å². The highest BCUT2D eigenvalue weighted by molar-refractivity contribution is 4.88. The quantitative estimate of drug-likeness (QED) is 0.467. The molecule has 71 valence electrons. The average molecular weight is 167 g/mol. The maximum atomic E-state index is 5.73. The fraction of sp³-hybridized carbons (Fsp3) is 0.833. The molecule has 0 aliphatic rings. The van der Waals surface area contributed by atoms with Crippen molar-refractivity contribution in [1.29, 1.82) is 0 Å². The van der Waals surface area contributed by atoms with Gasteiger partial charge in [-0.15, -0.1) is 0 Å². The molecule has 0 aromatic heterocycles. The van der Waals surface area contributed by atoms with Crippen LogP contribution in [0.1, 0.15) is 65.2 Å². The second-order valence-electron chi connectivity index (χ2n) is 3.53. The summed E-state index contributed by atoms with van der Waals surface area (Å²) in [6, 6.07) is 0. The van der Waals surface area contributed by atoms with E-state index in [2.05, 4.69) is 13.8 Å². The Balaban J connectivity index is 2.95. The Morgan fingerprint density at radius 2 is 1.50 bits per heavy atom. The van der Waals surface area contributed by atoms with Crippen LogP contribution in [0.3, 0.4) is 0 Å². The largest absolute Gasteiger partial charge is 0.0705 e. The van der Waals surface area contributed by atoms with Gasteiger partial charge in [-0.25, -0.2) is 0 Å². The minimum atomic E-state index is 1.05. The molecule has 12 heavy (non-hydrogen) atoms. The van der Waals surface area contributed by atoms with E-state index in [0.717, 1.165) is 12.8 Å². The third-order valence-corrected chi connectivity index (χ3v) is 2.31. The molecule has 1 radical (unpaired) electrons. The third-order valence-electron chi connectivity index (χ3n) is 2.31. The molecule has 0 atom stereocenters. The van der Waals surface area contributed by atoms with Crippen LogP contribution in [-0.2, 0) is 0 Å². The average Bonchev–Trinajstić information content (AvgIpc) is 2.10. The van der Waals surface area contributed by atoms with E-state index in [1.54, 1.807) is 0 Å². The van der Waals surface area contributed by atoms with Crippen LogP contribution in [0.4, 0.5) is 0 Å². The Kier molecular flexibility index (Phi) is 8.64. The topological polar surface area (TPSA) is 0 Å². The lowest BCUT2D eigenvalue weighted by atomic mass is 10.1. The first-order valence-corrected chi connectivity index (χ1v) is 5.41. The Bertz CT molecular complexity index is 103. The zero-order valence-electron chi connectivity index (χ0n) is 8.73. The SMILES string of the molecule is [CH]=C(CC)CCCCCCCC. The van der Waals surface area contributed by atoms with Crippen molar-refractivity contribution in [3.8, 4) is 0 Å². The van der Waals surface area contributed by atoms with Crippen LogP contribution in [0.15, 0.2) is 5.57 Å². The van der Waals surface area contributed by atoms with Gasteiger partial charge in [-0.05, 0) is 19.3 Å². The van der Waals surface area contributed by atoms with Crippen LogP contribution >= 0.6 is 0 Å². The molecule has 0 aliphatic heterocycles. The van der Waals surface area contributed by atoms with Crippen molar-refractivity contribution in [1.82, 2.24) is 0 Å². The Hall–Kier alpha value is -0.260. The second-order valence-corrected chi connectivity index (χ2v) is 3.53. The van der Waals surface area contributed by atoms with Crippen LogP contribution in [0, 0.1) is 6.58 Å². The lowest BCUT2D eigenvalue weighted by Crippen LogP contribution is -1.82. The van der Waals surface area contributed by atoms with Crippen LogP contribution in [0.5, 0.6) is 0 Å². The van der Waals surface area contributed by atoms with Gasteiger partial charge < -0.3 is 0 Å². The molecular formula is C12H23. The van der Waals surface area contributed by atoms with E-state index < -0.39 is 0 Å². The van der Waals surface area contributed by atoms with Crippen molar-refractivity contribution >= 4 is 0 Å². The molecule has 0 fully saturated rings. The van der Waals surface area contributed by atoms with Gasteiger partial charge in [0.2, 0.25) is 0 Å². The minimum absolute atomic E-state index is 1.05. The van der Waals surface area contributed by atoms with Crippen LogP contribution in [0.2, 0.25) is 0 Å². The minimum Gasteiger partial charge on any atom is -0.0705 e. The first-order valence-electron chi connectivity index (χ1n) is 5.41. The highest BCUT2D eigenvalue weighted by Crippen LogP contribution is 2.11. The molecule has 0 spiro atoms. The smallest absolute Gasteiger partial charge is 0.0317 e. The zero-order valence-corrected chi connectivity index (χ0v) is 8.73. The van der Waals surface area contributed by atoms with Gasteiger partial charge in [-0.3, -0.25) is 0 Å². The number of hydrogen-bond donors (Lipinski definition) is 0. The van der Waals surface area contributed by atoms with Crippen molar-refractivity contribution in [2.24, 2.45) is 0 Å². The summed E-state index contributed by atoms with van der Waals surface area (Å²) >= 11 is 0. The van der Waals surface area contributed by atoms with E-state index >= 15 is 0 Å². The van der Waals surface area contributed by atoms with Gasteiger partial charge in [0, 0.05) is 0 Å². The Morgan fingerprint density at radius 1 is 0.917 bits per heavy atom. The fourth-order valence-electron chi connectivity index (χ4n) is 1.31. The molecule has 0 saturated carbocycles. The highest BCUT2D eigenvalue weighted by Gasteiger charge is 1.92. The highest BCUT2D eigenvalue weighted by atomic mass is 14.0. The summed E-state index contributed by atoms with van der Waals surface area (Å²) in [7, 11) is 0. The van der Waals surface area contributed by atoms with Crippen LogP contribution in [0.25, 0.3) is 0 Å². The monoisotopic (exact) mass is 167 g/mol. The maximum absolute atomic E-state index is 5.73. The predicted molar refractivity (Wildman–Crippen MR) is 56.1 cm³/mol. The number of hydrogen-bond acceptors (Lipinski definition) is 0. The van der Waals surface area contributed by atoms with Gasteiger partial charge in [-0.1, -0.05) is 58.1 Å². The molecule has 0 heterocycles. The molecule has 0 unspecified atom stereocenters. The van der Waals surface area contributed by atoms with Gasteiger partial charge in [0.05, 0.1) is 0 Å². The summed E-state index contributed by atoms with van der Waals surface area (Å²) in [6.07, 6.45) is 10.4. The first-order chi connectivity index (χ1) is 5.81. The van der Waals surface area contributed by atoms with E-state index in [-0.39, 0.29) is 0 Å². The van der Waals surface area contributed by atoms with Gasteiger partial charge in [-0.2, -0.15) is 0 Å². The molecule has 0 heteroatoms. The van der Waals surface area contributed by atoms with Crippen molar-refractivity contribution in [3.05, 3.63) is 12.2 Å². The van der Waals surface area contributed by atoms with Crippen LogP contribution in [-0.4, -0.2) is 0 Å².